The highest BCUT2D eigenvalue weighted by Gasteiger charge is 2.24. The number of aliphatic hydroxyl groups is 1. The third-order valence-corrected chi connectivity index (χ3v) is 4.04. The van der Waals surface area contributed by atoms with Gasteiger partial charge in [0.05, 0.1) is 13.7 Å². The number of thioether (sulfide) groups is 1. The number of methoxy groups -OCH3 is 1. The molecular formula is C12H15BrO3S. The van der Waals surface area contributed by atoms with E-state index in [1.54, 1.807) is 0 Å². The Bertz CT molecular complexity index is 384. The summed E-state index contributed by atoms with van der Waals surface area (Å²) < 4.78 is 5.71. The number of carbonyl (C=O) groups is 1. The van der Waals surface area contributed by atoms with E-state index >= 15 is 0 Å². The lowest BCUT2D eigenvalue weighted by Gasteiger charge is -2.18. The van der Waals surface area contributed by atoms with Crippen molar-refractivity contribution in [3.05, 3.63) is 34.3 Å². The molecule has 0 saturated carbocycles. The fraction of sp³-hybridized carbons (Fsp3) is 0.417. The molecule has 1 aromatic rings. The van der Waals surface area contributed by atoms with Gasteiger partial charge in [-0.2, -0.15) is 0 Å². The van der Waals surface area contributed by atoms with Crippen LogP contribution in [0, 0.1) is 0 Å². The van der Waals surface area contributed by atoms with Crippen LogP contribution in [0.1, 0.15) is 17.7 Å². The number of esters is 1. The minimum Gasteiger partial charge on any atom is -0.468 e. The van der Waals surface area contributed by atoms with E-state index in [0.717, 1.165) is 10.0 Å². The van der Waals surface area contributed by atoms with Gasteiger partial charge in [-0.1, -0.05) is 35.0 Å². The van der Waals surface area contributed by atoms with Crippen LogP contribution in [0.5, 0.6) is 0 Å². The minimum atomic E-state index is -0.403. The molecule has 0 aromatic heterocycles. The van der Waals surface area contributed by atoms with Gasteiger partial charge in [-0.25, -0.2) is 0 Å². The predicted octanol–water partition coefficient (Wildman–Crippen LogP) is 2.78. The van der Waals surface area contributed by atoms with Gasteiger partial charge in [0.15, 0.2) is 0 Å². The first-order valence-corrected chi connectivity index (χ1v) is 6.91. The zero-order valence-electron chi connectivity index (χ0n) is 9.72. The molecule has 1 rings (SSSR count). The molecule has 0 aliphatic rings. The molecule has 94 valence electrons. The van der Waals surface area contributed by atoms with Crippen molar-refractivity contribution in [1.29, 1.82) is 0 Å². The van der Waals surface area contributed by atoms with Crippen LogP contribution in [0.15, 0.2) is 28.7 Å². The van der Waals surface area contributed by atoms with Crippen LogP contribution >= 0.6 is 27.7 Å². The average Bonchev–Trinajstić information content (AvgIpc) is 2.34. The topological polar surface area (TPSA) is 46.5 Å². The van der Waals surface area contributed by atoms with E-state index in [9.17, 15) is 4.79 Å². The lowest BCUT2D eigenvalue weighted by Crippen LogP contribution is -2.15. The second-order valence-electron chi connectivity index (χ2n) is 3.59. The van der Waals surface area contributed by atoms with Crippen LogP contribution in [-0.2, 0) is 9.53 Å². The number of rotatable bonds is 5. The lowest BCUT2D eigenvalue weighted by atomic mass is 10.1. The first-order chi connectivity index (χ1) is 8.08. The van der Waals surface area contributed by atoms with Crippen LogP contribution in [0.25, 0.3) is 0 Å². The molecule has 0 heterocycles. The Hall–Kier alpha value is -0.520. The van der Waals surface area contributed by atoms with Gasteiger partial charge in [0, 0.05) is 9.72 Å². The fourth-order valence-corrected chi connectivity index (χ4v) is 2.80. The first-order valence-electron chi connectivity index (χ1n) is 5.18. The van der Waals surface area contributed by atoms with Crippen molar-refractivity contribution in [3.63, 3.8) is 0 Å². The van der Waals surface area contributed by atoms with E-state index in [0.29, 0.717) is 0 Å². The summed E-state index contributed by atoms with van der Waals surface area (Å²) in [5.74, 6) is -0.298. The van der Waals surface area contributed by atoms with Crippen molar-refractivity contribution >= 4 is 33.7 Å². The predicted molar refractivity (Wildman–Crippen MR) is 73.0 cm³/mol. The number of carbonyl (C=O) groups excluding carboxylic acids is 1. The standard InChI is InChI=1S/C12H15BrO3S/c1-8(7-14)17-11(12(15)16-2)9-4-3-5-10(13)6-9/h3-6,8,11,14H,7H2,1-2H3/t8-,11+/m1/s1. The summed E-state index contributed by atoms with van der Waals surface area (Å²) in [6.45, 7) is 1.91. The molecule has 0 fully saturated rings. The number of aliphatic hydroxyl groups excluding tert-OH is 1. The second-order valence-corrected chi connectivity index (χ2v) is 6.05. The first kappa shape index (κ1) is 14.5. The Morgan fingerprint density at radius 2 is 2.29 bits per heavy atom. The zero-order chi connectivity index (χ0) is 12.8. The van der Waals surface area contributed by atoms with Crippen LogP contribution in [0.3, 0.4) is 0 Å². The van der Waals surface area contributed by atoms with E-state index in [-0.39, 0.29) is 17.8 Å². The molecule has 1 N–H and O–H groups in total. The molecule has 3 nitrogen and oxygen atoms in total. The van der Waals surface area contributed by atoms with Crippen molar-refractivity contribution in [3.8, 4) is 0 Å². The third kappa shape index (κ3) is 4.33. The van der Waals surface area contributed by atoms with Crippen molar-refractivity contribution in [2.45, 2.75) is 17.4 Å². The molecule has 17 heavy (non-hydrogen) atoms. The molecular weight excluding hydrogens is 304 g/mol. The van der Waals surface area contributed by atoms with Crippen LogP contribution in [0.2, 0.25) is 0 Å². The largest absolute Gasteiger partial charge is 0.468 e. The van der Waals surface area contributed by atoms with Crippen LogP contribution in [-0.4, -0.2) is 30.0 Å². The maximum absolute atomic E-state index is 11.7. The molecule has 0 aliphatic heterocycles. The van der Waals surface area contributed by atoms with Gasteiger partial charge in [0.25, 0.3) is 0 Å². The van der Waals surface area contributed by atoms with Crippen LogP contribution < -0.4 is 0 Å². The molecule has 2 atom stereocenters. The number of ether oxygens (including phenoxy) is 1. The maximum Gasteiger partial charge on any atom is 0.323 e. The normalized spacial score (nSPS) is 14.1. The Morgan fingerprint density at radius 1 is 1.59 bits per heavy atom. The zero-order valence-corrected chi connectivity index (χ0v) is 12.1. The Morgan fingerprint density at radius 3 is 2.82 bits per heavy atom. The minimum absolute atomic E-state index is 0.0157. The van der Waals surface area contributed by atoms with Gasteiger partial charge < -0.3 is 9.84 Å². The van der Waals surface area contributed by atoms with Crippen molar-refractivity contribution in [2.75, 3.05) is 13.7 Å². The van der Waals surface area contributed by atoms with Gasteiger partial charge in [-0.15, -0.1) is 11.8 Å². The van der Waals surface area contributed by atoms with Gasteiger partial charge in [-0.3, -0.25) is 4.79 Å². The van der Waals surface area contributed by atoms with E-state index in [2.05, 4.69) is 15.9 Å². The van der Waals surface area contributed by atoms with E-state index in [1.165, 1.54) is 18.9 Å². The monoisotopic (exact) mass is 318 g/mol. The van der Waals surface area contributed by atoms with Crippen molar-refractivity contribution in [1.82, 2.24) is 0 Å². The summed E-state index contributed by atoms with van der Waals surface area (Å²) in [6, 6.07) is 7.54. The molecule has 0 saturated heterocycles. The summed E-state index contributed by atoms with van der Waals surface area (Å²) in [7, 11) is 1.37. The molecule has 0 unspecified atom stereocenters. The quantitative estimate of drug-likeness (QED) is 0.848. The summed E-state index contributed by atoms with van der Waals surface area (Å²) in [6.07, 6.45) is 0. The molecule has 0 amide bonds. The molecule has 0 spiro atoms. The third-order valence-electron chi connectivity index (χ3n) is 2.19. The summed E-state index contributed by atoms with van der Waals surface area (Å²) in [4.78, 5) is 11.7. The second kappa shape index (κ2) is 7.03. The van der Waals surface area contributed by atoms with Gasteiger partial charge in [0.2, 0.25) is 0 Å². The summed E-state index contributed by atoms with van der Waals surface area (Å²) >= 11 is 4.77. The number of benzene rings is 1. The van der Waals surface area contributed by atoms with Gasteiger partial charge >= 0.3 is 5.97 Å². The molecule has 0 bridgehead atoms. The Labute approximate surface area is 114 Å². The maximum atomic E-state index is 11.7. The van der Waals surface area contributed by atoms with E-state index in [1.807, 2.05) is 31.2 Å². The van der Waals surface area contributed by atoms with Crippen molar-refractivity contribution < 1.29 is 14.6 Å². The molecule has 0 radical (unpaired) electrons. The number of hydrogen-bond acceptors (Lipinski definition) is 4. The van der Waals surface area contributed by atoms with Gasteiger partial charge in [0.1, 0.15) is 5.25 Å². The molecule has 0 aliphatic carbocycles. The molecule has 1 aromatic carbocycles. The van der Waals surface area contributed by atoms with Crippen LogP contribution in [0.4, 0.5) is 0 Å². The van der Waals surface area contributed by atoms with E-state index < -0.39 is 5.25 Å². The number of hydrogen-bond donors (Lipinski definition) is 1. The van der Waals surface area contributed by atoms with Gasteiger partial charge in [-0.05, 0) is 17.7 Å². The number of halogens is 1. The highest BCUT2D eigenvalue weighted by Crippen LogP contribution is 2.34. The highest BCUT2D eigenvalue weighted by atomic mass is 79.9. The Kier molecular flexibility index (Phi) is 6.02. The Balaban J connectivity index is 2.93. The lowest BCUT2D eigenvalue weighted by molar-refractivity contribution is -0.140. The molecule has 5 heteroatoms. The summed E-state index contributed by atoms with van der Waals surface area (Å²) in [5.41, 5.74) is 0.872. The van der Waals surface area contributed by atoms with E-state index in [4.69, 9.17) is 9.84 Å². The summed E-state index contributed by atoms with van der Waals surface area (Å²) in [5, 5.41) is 8.64. The SMILES string of the molecule is COC(=O)[C@@H](S[C@H](C)CO)c1cccc(Br)c1. The fourth-order valence-electron chi connectivity index (χ4n) is 1.32. The average molecular weight is 319 g/mol. The smallest absolute Gasteiger partial charge is 0.323 e. The van der Waals surface area contributed by atoms with Crippen molar-refractivity contribution in [2.24, 2.45) is 0 Å². The highest BCUT2D eigenvalue weighted by molar-refractivity contribution is 9.10.